The summed E-state index contributed by atoms with van der Waals surface area (Å²) in [5.41, 5.74) is 0.567. The number of piperidine rings is 1. The molecule has 3 rings (SSSR count). The lowest BCUT2D eigenvalue weighted by molar-refractivity contribution is 0.0174. The summed E-state index contributed by atoms with van der Waals surface area (Å²) in [4.78, 5) is 11.1. The third-order valence-electron chi connectivity index (χ3n) is 3.89. The van der Waals surface area contributed by atoms with Crippen molar-refractivity contribution in [2.75, 3.05) is 18.0 Å². The van der Waals surface area contributed by atoms with Gasteiger partial charge >= 0.3 is 0 Å². The van der Waals surface area contributed by atoms with Crippen molar-refractivity contribution in [2.24, 2.45) is 0 Å². The molecule has 0 saturated carbocycles. The van der Waals surface area contributed by atoms with Gasteiger partial charge < -0.3 is 10.0 Å². The Morgan fingerprint density at radius 2 is 2.29 bits per heavy atom. The molecule has 0 amide bonds. The van der Waals surface area contributed by atoms with Crippen LogP contribution in [0.4, 0.5) is 5.82 Å². The fourth-order valence-corrected chi connectivity index (χ4v) is 2.80. The summed E-state index contributed by atoms with van der Waals surface area (Å²) >= 11 is 0. The molecule has 0 unspecified atom stereocenters. The predicted octanol–water partition coefficient (Wildman–Crippen LogP) is 0.954. The SMILES string of the molecule is CCc1nc(C)cc(N2CCC[C@@](O)(c3cn[nH]n3)C2)n1. The third-order valence-corrected chi connectivity index (χ3v) is 3.89. The van der Waals surface area contributed by atoms with Crippen molar-refractivity contribution in [2.45, 2.75) is 38.7 Å². The highest BCUT2D eigenvalue weighted by atomic mass is 16.3. The Labute approximate surface area is 123 Å². The van der Waals surface area contributed by atoms with E-state index in [1.165, 1.54) is 0 Å². The number of aryl methyl sites for hydroxylation is 2. The van der Waals surface area contributed by atoms with Crippen LogP contribution < -0.4 is 4.90 Å². The van der Waals surface area contributed by atoms with Crippen molar-refractivity contribution in [1.29, 1.82) is 0 Å². The standard InChI is InChI=1S/C14H20N6O/c1-3-12-16-10(2)7-13(17-12)20-6-4-5-14(21,9-20)11-8-15-19-18-11/h7-8,21H,3-6,9H2,1-2H3,(H,15,18,19)/t14-/m0/s1. The molecule has 7 heteroatoms. The molecule has 1 atom stereocenters. The van der Waals surface area contributed by atoms with E-state index >= 15 is 0 Å². The molecule has 0 aromatic carbocycles. The smallest absolute Gasteiger partial charge is 0.132 e. The molecule has 0 aliphatic carbocycles. The summed E-state index contributed by atoms with van der Waals surface area (Å²) in [5.74, 6) is 1.71. The molecular formula is C14H20N6O. The molecule has 1 aliphatic rings. The van der Waals surface area contributed by atoms with Crippen molar-refractivity contribution in [1.82, 2.24) is 25.4 Å². The lowest BCUT2D eigenvalue weighted by atomic mass is 9.90. The number of aromatic amines is 1. The summed E-state index contributed by atoms with van der Waals surface area (Å²) in [7, 11) is 0. The van der Waals surface area contributed by atoms with Crippen LogP contribution in [0, 0.1) is 6.92 Å². The summed E-state index contributed by atoms with van der Waals surface area (Å²) in [5, 5.41) is 21.3. The Morgan fingerprint density at radius 3 is 3.00 bits per heavy atom. The molecule has 1 aliphatic heterocycles. The Bertz CT molecular complexity index is 614. The van der Waals surface area contributed by atoms with Gasteiger partial charge in [-0.1, -0.05) is 6.92 Å². The third kappa shape index (κ3) is 2.73. The summed E-state index contributed by atoms with van der Waals surface area (Å²) < 4.78 is 0. The molecule has 7 nitrogen and oxygen atoms in total. The van der Waals surface area contributed by atoms with Gasteiger partial charge in [0.05, 0.1) is 12.7 Å². The van der Waals surface area contributed by atoms with Gasteiger partial charge in [-0.15, -0.1) is 0 Å². The predicted molar refractivity (Wildman–Crippen MR) is 77.9 cm³/mol. The first kappa shape index (κ1) is 13.9. The van der Waals surface area contributed by atoms with Crippen LogP contribution in [0.25, 0.3) is 0 Å². The highest BCUT2D eigenvalue weighted by molar-refractivity contribution is 5.41. The van der Waals surface area contributed by atoms with Gasteiger partial charge in [-0.25, -0.2) is 9.97 Å². The van der Waals surface area contributed by atoms with E-state index in [-0.39, 0.29) is 0 Å². The Hall–Kier alpha value is -2.02. The molecule has 21 heavy (non-hydrogen) atoms. The second kappa shape index (κ2) is 5.40. The molecule has 2 aromatic rings. The van der Waals surface area contributed by atoms with E-state index < -0.39 is 5.60 Å². The highest BCUT2D eigenvalue weighted by Gasteiger charge is 2.37. The molecular weight excluding hydrogens is 268 g/mol. The van der Waals surface area contributed by atoms with Crippen molar-refractivity contribution >= 4 is 5.82 Å². The minimum Gasteiger partial charge on any atom is -0.382 e. The number of aromatic nitrogens is 5. The van der Waals surface area contributed by atoms with E-state index in [4.69, 9.17) is 0 Å². The first-order valence-electron chi connectivity index (χ1n) is 7.29. The lowest BCUT2D eigenvalue weighted by Crippen LogP contribution is -2.46. The van der Waals surface area contributed by atoms with Crippen LogP contribution in [0.5, 0.6) is 0 Å². The quantitative estimate of drug-likeness (QED) is 0.874. The number of rotatable bonds is 3. The van der Waals surface area contributed by atoms with Gasteiger partial charge in [-0.3, -0.25) is 0 Å². The van der Waals surface area contributed by atoms with Crippen LogP contribution in [0.1, 0.15) is 37.0 Å². The Balaban J connectivity index is 1.88. The molecule has 2 N–H and O–H groups in total. The van der Waals surface area contributed by atoms with Crippen molar-refractivity contribution < 1.29 is 5.11 Å². The van der Waals surface area contributed by atoms with Crippen LogP contribution in [-0.4, -0.2) is 43.6 Å². The number of nitrogens with zero attached hydrogens (tertiary/aromatic N) is 5. The monoisotopic (exact) mass is 288 g/mol. The summed E-state index contributed by atoms with van der Waals surface area (Å²) in [6, 6.07) is 1.97. The second-order valence-electron chi connectivity index (χ2n) is 5.55. The summed E-state index contributed by atoms with van der Waals surface area (Å²) in [6.07, 6.45) is 3.96. The molecule has 2 aromatic heterocycles. The highest BCUT2D eigenvalue weighted by Crippen LogP contribution is 2.31. The minimum atomic E-state index is -0.976. The van der Waals surface area contributed by atoms with Crippen LogP contribution in [0.15, 0.2) is 12.3 Å². The minimum absolute atomic E-state index is 0.471. The van der Waals surface area contributed by atoms with Crippen molar-refractivity contribution in [3.63, 3.8) is 0 Å². The maximum atomic E-state index is 10.9. The van der Waals surface area contributed by atoms with Gasteiger partial charge in [0.25, 0.3) is 0 Å². The first-order valence-corrected chi connectivity index (χ1v) is 7.29. The Kier molecular flexibility index (Phi) is 3.59. The van der Waals surface area contributed by atoms with E-state index in [1.54, 1.807) is 6.20 Å². The van der Waals surface area contributed by atoms with E-state index in [9.17, 15) is 5.11 Å². The molecule has 1 fully saturated rings. The molecule has 0 spiro atoms. The van der Waals surface area contributed by atoms with Crippen LogP contribution in [-0.2, 0) is 12.0 Å². The largest absolute Gasteiger partial charge is 0.382 e. The number of anilines is 1. The number of nitrogens with one attached hydrogen (secondary N) is 1. The fraction of sp³-hybridized carbons (Fsp3) is 0.571. The van der Waals surface area contributed by atoms with Gasteiger partial charge in [0.2, 0.25) is 0 Å². The van der Waals surface area contributed by atoms with Gasteiger partial charge in [0.1, 0.15) is 22.9 Å². The van der Waals surface area contributed by atoms with E-state index in [0.29, 0.717) is 18.7 Å². The number of H-pyrrole nitrogens is 1. The molecule has 0 bridgehead atoms. The zero-order chi connectivity index (χ0) is 14.9. The van der Waals surface area contributed by atoms with Crippen LogP contribution in [0.3, 0.4) is 0 Å². The topological polar surface area (TPSA) is 90.8 Å². The Morgan fingerprint density at radius 1 is 1.43 bits per heavy atom. The van der Waals surface area contributed by atoms with Gasteiger partial charge in [-0.05, 0) is 19.8 Å². The fourth-order valence-electron chi connectivity index (χ4n) is 2.80. The average molecular weight is 288 g/mol. The molecule has 3 heterocycles. The number of aliphatic hydroxyl groups is 1. The maximum absolute atomic E-state index is 10.9. The van der Waals surface area contributed by atoms with Crippen LogP contribution in [0.2, 0.25) is 0 Å². The molecule has 112 valence electrons. The lowest BCUT2D eigenvalue weighted by Gasteiger charge is -2.38. The molecule has 0 radical (unpaired) electrons. The van der Waals surface area contributed by atoms with Crippen molar-refractivity contribution in [3.05, 3.63) is 29.5 Å². The van der Waals surface area contributed by atoms with Gasteiger partial charge in [0.15, 0.2) is 0 Å². The number of hydrogen-bond acceptors (Lipinski definition) is 6. The number of hydrogen-bond donors (Lipinski definition) is 2. The summed E-state index contributed by atoms with van der Waals surface area (Å²) in [6.45, 7) is 5.36. The van der Waals surface area contributed by atoms with Crippen LogP contribution >= 0.6 is 0 Å². The zero-order valence-corrected chi connectivity index (χ0v) is 12.4. The average Bonchev–Trinajstić information content (AvgIpc) is 3.01. The van der Waals surface area contributed by atoms with E-state index in [1.807, 2.05) is 19.9 Å². The van der Waals surface area contributed by atoms with Gasteiger partial charge in [0, 0.05) is 24.7 Å². The number of β-amino-alcohol motifs (C(OH)–C–C–N with tert-alkyl or cyclic N) is 1. The molecule has 1 saturated heterocycles. The van der Waals surface area contributed by atoms with E-state index in [0.717, 1.165) is 36.7 Å². The zero-order valence-electron chi connectivity index (χ0n) is 12.4. The van der Waals surface area contributed by atoms with Gasteiger partial charge in [-0.2, -0.15) is 15.4 Å². The normalized spacial score (nSPS) is 22.5. The first-order chi connectivity index (χ1) is 10.1. The second-order valence-corrected chi connectivity index (χ2v) is 5.55. The maximum Gasteiger partial charge on any atom is 0.132 e. The van der Waals surface area contributed by atoms with E-state index in [2.05, 4.69) is 30.3 Å². The van der Waals surface area contributed by atoms with Crippen molar-refractivity contribution in [3.8, 4) is 0 Å².